The molecule has 31 heavy (non-hydrogen) atoms. The Morgan fingerprint density at radius 1 is 1.13 bits per heavy atom. The Morgan fingerprint density at radius 2 is 1.81 bits per heavy atom. The fourth-order valence-electron chi connectivity index (χ4n) is 3.31. The van der Waals surface area contributed by atoms with E-state index in [9.17, 15) is 19.5 Å². The second kappa shape index (κ2) is 9.85. The van der Waals surface area contributed by atoms with Crippen LogP contribution in [0.1, 0.15) is 52.2 Å². The number of carbonyl (C=O) groups is 3. The minimum atomic E-state index is -1.14. The smallest absolute Gasteiger partial charge is 0.408 e. The summed E-state index contributed by atoms with van der Waals surface area (Å²) in [6.45, 7) is 11.0. The summed E-state index contributed by atoms with van der Waals surface area (Å²) >= 11 is 0. The number of alkyl carbamates (subject to hydrolysis) is 1. The van der Waals surface area contributed by atoms with Crippen LogP contribution in [0.15, 0.2) is 24.4 Å². The predicted molar refractivity (Wildman–Crippen MR) is 119 cm³/mol. The molecule has 1 heterocycles. The van der Waals surface area contributed by atoms with Gasteiger partial charge in [0.25, 0.3) is 0 Å². The molecule has 0 bridgehead atoms. The quantitative estimate of drug-likeness (QED) is 0.510. The highest BCUT2D eigenvalue weighted by molar-refractivity contribution is 5.90. The number of aromatic nitrogens is 1. The lowest BCUT2D eigenvalue weighted by Crippen LogP contribution is -2.53. The topological polar surface area (TPSA) is 121 Å². The standard InChI is InChI=1S/C23H33N3O5/c1-13(2)9-18(26-22(30)31-23(4,5)6)20(27)25-19(21(28)29)11-15-12-24-17-8-7-14(3)10-16(15)17/h7-8,10,12-13,18-19,24H,9,11H2,1-6H3,(H,25,27)(H,26,30)(H,28,29)/t18-,19?/m0/s1. The van der Waals surface area contributed by atoms with Crippen molar-refractivity contribution in [1.82, 2.24) is 15.6 Å². The summed E-state index contributed by atoms with van der Waals surface area (Å²) in [5.74, 6) is -1.59. The number of aliphatic carboxylic acids is 1. The maximum absolute atomic E-state index is 12.9. The summed E-state index contributed by atoms with van der Waals surface area (Å²) in [5, 5.41) is 15.8. The molecule has 0 aliphatic carbocycles. The van der Waals surface area contributed by atoms with Crippen molar-refractivity contribution in [2.45, 2.75) is 72.1 Å². The van der Waals surface area contributed by atoms with E-state index in [0.29, 0.717) is 6.42 Å². The number of hydrogen-bond donors (Lipinski definition) is 4. The first-order chi connectivity index (χ1) is 14.4. The molecular weight excluding hydrogens is 398 g/mol. The van der Waals surface area contributed by atoms with E-state index in [1.54, 1.807) is 27.0 Å². The fourth-order valence-corrected chi connectivity index (χ4v) is 3.31. The molecular formula is C23H33N3O5. The van der Waals surface area contributed by atoms with E-state index in [-0.39, 0.29) is 12.3 Å². The molecule has 1 unspecified atom stereocenters. The van der Waals surface area contributed by atoms with Gasteiger partial charge >= 0.3 is 12.1 Å². The summed E-state index contributed by atoms with van der Waals surface area (Å²) in [7, 11) is 0. The monoisotopic (exact) mass is 431 g/mol. The van der Waals surface area contributed by atoms with E-state index in [0.717, 1.165) is 22.0 Å². The first kappa shape index (κ1) is 24.2. The van der Waals surface area contributed by atoms with Gasteiger partial charge in [-0.15, -0.1) is 0 Å². The number of ether oxygens (including phenoxy) is 1. The average Bonchev–Trinajstić information content (AvgIpc) is 3.00. The van der Waals surface area contributed by atoms with Crippen LogP contribution in [0.25, 0.3) is 10.9 Å². The maximum atomic E-state index is 12.9. The van der Waals surface area contributed by atoms with Crippen molar-refractivity contribution in [1.29, 1.82) is 0 Å². The zero-order chi connectivity index (χ0) is 23.3. The largest absolute Gasteiger partial charge is 0.480 e. The minimum absolute atomic E-state index is 0.102. The molecule has 0 saturated heterocycles. The van der Waals surface area contributed by atoms with Crippen LogP contribution >= 0.6 is 0 Å². The zero-order valence-corrected chi connectivity index (χ0v) is 19.0. The molecule has 2 atom stereocenters. The Balaban J connectivity index is 2.16. The van der Waals surface area contributed by atoms with Gasteiger partial charge in [0, 0.05) is 23.5 Å². The highest BCUT2D eigenvalue weighted by Gasteiger charge is 2.29. The number of carboxylic acids is 1. The molecule has 0 radical (unpaired) electrons. The van der Waals surface area contributed by atoms with Crippen LogP contribution in [0.2, 0.25) is 0 Å². The van der Waals surface area contributed by atoms with Crippen molar-refractivity contribution in [2.24, 2.45) is 5.92 Å². The second-order valence-corrected chi connectivity index (χ2v) is 9.29. The first-order valence-electron chi connectivity index (χ1n) is 10.4. The number of carboxylic acid groups (broad SMARTS) is 1. The number of aromatic amines is 1. The Bertz CT molecular complexity index is 942. The van der Waals surface area contributed by atoms with Crippen LogP contribution in [0, 0.1) is 12.8 Å². The van der Waals surface area contributed by atoms with Crippen molar-refractivity contribution >= 4 is 28.9 Å². The summed E-state index contributed by atoms with van der Waals surface area (Å²) in [6.07, 6.45) is 1.51. The van der Waals surface area contributed by atoms with E-state index < -0.39 is 35.7 Å². The normalized spacial score (nSPS) is 13.6. The third-order valence-electron chi connectivity index (χ3n) is 4.68. The molecule has 0 spiro atoms. The van der Waals surface area contributed by atoms with E-state index in [1.165, 1.54) is 0 Å². The van der Waals surface area contributed by atoms with Gasteiger partial charge in [-0.25, -0.2) is 9.59 Å². The number of nitrogens with one attached hydrogen (secondary N) is 3. The molecule has 0 aliphatic heterocycles. The Kier molecular flexibility index (Phi) is 7.70. The van der Waals surface area contributed by atoms with Gasteiger partial charge in [0.2, 0.25) is 5.91 Å². The van der Waals surface area contributed by atoms with Gasteiger partial charge in [0.1, 0.15) is 17.7 Å². The number of H-pyrrole nitrogens is 1. The molecule has 2 amide bonds. The van der Waals surface area contributed by atoms with Gasteiger partial charge in [-0.2, -0.15) is 0 Å². The van der Waals surface area contributed by atoms with E-state index in [4.69, 9.17) is 4.74 Å². The Labute approximate surface area is 182 Å². The number of fused-ring (bicyclic) bond motifs is 1. The van der Waals surface area contributed by atoms with Gasteiger partial charge in [-0.1, -0.05) is 25.5 Å². The van der Waals surface area contributed by atoms with Gasteiger partial charge in [-0.3, -0.25) is 4.79 Å². The van der Waals surface area contributed by atoms with Crippen LogP contribution in [0.4, 0.5) is 4.79 Å². The van der Waals surface area contributed by atoms with Crippen molar-refractivity contribution < 1.29 is 24.2 Å². The van der Waals surface area contributed by atoms with E-state index in [1.807, 2.05) is 39.0 Å². The van der Waals surface area contributed by atoms with Crippen molar-refractivity contribution in [3.05, 3.63) is 35.5 Å². The second-order valence-electron chi connectivity index (χ2n) is 9.29. The van der Waals surface area contributed by atoms with E-state index in [2.05, 4.69) is 15.6 Å². The number of carbonyl (C=O) groups excluding carboxylic acids is 2. The molecule has 2 aromatic rings. The van der Waals surface area contributed by atoms with Crippen molar-refractivity contribution in [2.75, 3.05) is 0 Å². The summed E-state index contributed by atoms with van der Waals surface area (Å²) in [4.78, 5) is 40.1. The molecule has 8 heteroatoms. The lowest BCUT2D eigenvalue weighted by atomic mass is 10.0. The number of rotatable bonds is 8. The van der Waals surface area contributed by atoms with Crippen molar-refractivity contribution in [3.63, 3.8) is 0 Å². The number of aryl methyl sites for hydroxylation is 1. The van der Waals surface area contributed by atoms with Crippen LogP contribution in [0.3, 0.4) is 0 Å². The number of benzene rings is 1. The summed E-state index contributed by atoms with van der Waals surface area (Å²) in [6, 6.07) is 3.85. The third-order valence-corrected chi connectivity index (χ3v) is 4.68. The number of amides is 2. The van der Waals surface area contributed by atoms with Crippen LogP contribution < -0.4 is 10.6 Å². The third kappa shape index (κ3) is 7.31. The minimum Gasteiger partial charge on any atom is -0.480 e. The molecule has 4 N–H and O–H groups in total. The van der Waals surface area contributed by atoms with Gasteiger partial charge in [0.15, 0.2) is 0 Å². The van der Waals surface area contributed by atoms with Crippen molar-refractivity contribution in [3.8, 4) is 0 Å². The number of hydrogen-bond acceptors (Lipinski definition) is 4. The molecule has 0 saturated carbocycles. The highest BCUT2D eigenvalue weighted by atomic mass is 16.6. The Morgan fingerprint density at radius 3 is 2.39 bits per heavy atom. The summed E-state index contributed by atoms with van der Waals surface area (Å²) < 4.78 is 5.25. The fraction of sp³-hybridized carbons (Fsp3) is 0.522. The van der Waals surface area contributed by atoms with Gasteiger partial charge < -0.3 is 25.5 Å². The molecule has 2 rings (SSSR count). The molecule has 0 fully saturated rings. The molecule has 0 aliphatic rings. The lowest BCUT2D eigenvalue weighted by Gasteiger charge is -2.25. The average molecular weight is 432 g/mol. The van der Waals surface area contributed by atoms with Gasteiger partial charge in [-0.05, 0) is 57.7 Å². The van der Waals surface area contributed by atoms with Gasteiger partial charge in [0.05, 0.1) is 0 Å². The lowest BCUT2D eigenvalue weighted by molar-refractivity contribution is -0.142. The highest BCUT2D eigenvalue weighted by Crippen LogP contribution is 2.21. The first-order valence-corrected chi connectivity index (χ1v) is 10.4. The molecule has 1 aromatic heterocycles. The molecule has 170 valence electrons. The van der Waals surface area contributed by atoms with E-state index >= 15 is 0 Å². The Hall–Kier alpha value is -3.03. The SMILES string of the molecule is Cc1ccc2[nH]cc(CC(NC(=O)[C@H](CC(C)C)NC(=O)OC(C)(C)C)C(=O)O)c2c1. The molecule has 8 nitrogen and oxygen atoms in total. The zero-order valence-electron chi connectivity index (χ0n) is 19.0. The van der Waals surface area contributed by atoms with Crippen LogP contribution in [0.5, 0.6) is 0 Å². The summed E-state index contributed by atoms with van der Waals surface area (Å²) in [5.41, 5.74) is 2.05. The maximum Gasteiger partial charge on any atom is 0.408 e. The van der Waals surface area contributed by atoms with Crippen LogP contribution in [-0.4, -0.2) is 45.7 Å². The molecule has 1 aromatic carbocycles. The van der Waals surface area contributed by atoms with Crippen LogP contribution in [-0.2, 0) is 20.7 Å². The predicted octanol–water partition coefficient (Wildman–Crippen LogP) is 3.53.